The Bertz CT molecular complexity index is 761. The average Bonchev–Trinajstić information content (AvgIpc) is 2.67. The normalized spacial score (nSPS) is 14.9. The number of aromatic nitrogens is 1. The monoisotopic (exact) mass is 372 g/mol. The lowest BCUT2D eigenvalue weighted by Gasteiger charge is -2.34. The Labute approximate surface area is 157 Å². The lowest BCUT2D eigenvalue weighted by Crippen LogP contribution is -2.50. The van der Waals surface area contributed by atoms with E-state index in [0.717, 1.165) is 19.6 Å². The second-order valence-corrected chi connectivity index (χ2v) is 6.62. The predicted molar refractivity (Wildman–Crippen MR) is 99.9 cm³/mol. The molecular formula is C19H21ClN4O2. The van der Waals surface area contributed by atoms with Gasteiger partial charge in [-0.2, -0.15) is 0 Å². The first-order chi connectivity index (χ1) is 12.6. The molecule has 0 saturated carbocycles. The van der Waals surface area contributed by atoms with Gasteiger partial charge in [-0.25, -0.2) is 0 Å². The number of pyridine rings is 1. The van der Waals surface area contributed by atoms with E-state index in [2.05, 4.69) is 27.3 Å². The number of nitrogens with one attached hydrogen (secondary N) is 1. The summed E-state index contributed by atoms with van der Waals surface area (Å²) in [5, 5.41) is 3.05. The SMILES string of the molecule is O=C(NCC(=O)N1CCN(Cc2ccccc2)CC1)c1cc(Cl)ccn1. The van der Waals surface area contributed by atoms with Crippen molar-refractivity contribution in [2.75, 3.05) is 32.7 Å². The number of carbonyl (C=O) groups excluding carboxylic acids is 2. The van der Waals surface area contributed by atoms with Gasteiger partial charge in [0.15, 0.2) is 0 Å². The summed E-state index contributed by atoms with van der Waals surface area (Å²) in [5.74, 6) is -0.483. The molecule has 0 spiro atoms. The zero-order chi connectivity index (χ0) is 18.4. The summed E-state index contributed by atoms with van der Waals surface area (Å²) < 4.78 is 0. The molecule has 2 heterocycles. The molecule has 0 bridgehead atoms. The van der Waals surface area contributed by atoms with Crippen molar-refractivity contribution >= 4 is 23.4 Å². The molecule has 1 N–H and O–H groups in total. The molecule has 26 heavy (non-hydrogen) atoms. The van der Waals surface area contributed by atoms with Crippen LogP contribution in [0, 0.1) is 0 Å². The zero-order valence-electron chi connectivity index (χ0n) is 14.4. The summed E-state index contributed by atoms with van der Waals surface area (Å²) in [5.41, 5.74) is 1.48. The van der Waals surface area contributed by atoms with Crippen molar-refractivity contribution < 1.29 is 9.59 Å². The van der Waals surface area contributed by atoms with Crippen LogP contribution in [0.4, 0.5) is 0 Å². The van der Waals surface area contributed by atoms with E-state index in [-0.39, 0.29) is 18.1 Å². The van der Waals surface area contributed by atoms with Crippen LogP contribution >= 0.6 is 11.6 Å². The van der Waals surface area contributed by atoms with Gasteiger partial charge in [0.05, 0.1) is 6.54 Å². The Kier molecular flexibility index (Phi) is 6.20. The van der Waals surface area contributed by atoms with Crippen LogP contribution in [0.2, 0.25) is 5.02 Å². The van der Waals surface area contributed by atoms with Gasteiger partial charge in [0.25, 0.3) is 5.91 Å². The van der Waals surface area contributed by atoms with Gasteiger partial charge in [0.1, 0.15) is 5.69 Å². The summed E-state index contributed by atoms with van der Waals surface area (Å²) in [6, 6.07) is 13.4. The highest BCUT2D eigenvalue weighted by Crippen LogP contribution is 2.09. The van der Waals surface area contributed by atoms with Crippen LogP contribution in [-0.2, 0) is 11.3 Å². The van der Waals surface area contributed by atoms with E-state index in [9.17, 15) is 9.59 Å². The number of nitrogens with zero attached hydrogens (tertiary/aromatic N) is 3. The number of carbonyl (C=O) groups is 2. The van der Waals surface area contributed by atoms with Crippen molar-refractivity contribution in [1.82, 2.24) is 20.1 Å². The summed E-state index contributed by atoms with van der Waals surface area (Å²) >= 11 is 5.85. The lowest BCUT2D eigenvalue weighted by atomic mass is 10.2. The van der Waals surface area contributed by atoms with Crippen LogP contribution in [0.15, 0.2) is 48.7 Å². The van der Waals surface area contributed by atoms with Crippen molar-refractivity contribution in [2.45, 2.75) is 6.54 Å². The summed E-state index contributed by atoms with van der Waals surface area (Å²) in [6.07, 6.45) is 1.46. The van der Waals surface area contributed by atoms with E-state index in [4.69, 9.17) is 11.6 Å². The van der Waals surface area contributed by atoms with E-state index in [1.165, 1.54) is 17.8 Å². The second kappa shape index (κ2) is 8.78. The first-order valence-corrected chi connectivity index (χ1v) is 8.93. The number of rotatable bonds is 5. The minimum Gasteiger partial charge on any atom is -0.342 e. The van der Waals surface area contributed by atoms with E-state index in [1.807, 2.05) is 18.2 Å². The molecule has 1 fully saturated rings. The Morgan fingerprint density at radius 2 is 1.81 bits per heavy atom. The van der Waals surface area contributed by atoms with Crippen LogP contribution in [0.3, 0.4) is 0 Å². The van der Waals surface area contributed by atoms with Crippen molar-refractivity contribution in [1.29, 1.82) is 0 Å². The van der Waals surface area contributed by atoms with Gasteiger partial charge in [0.2, 0.25) is 5.91 Å². The number of amides is 2. The molecule has 0 aliphatic carbocycles. The average molecular weight is 373 g/mol. The third kappa shape index (κ3) is 5.03. The standard InChI is InChI=1S/C19H21ClN4O2/c20-16-6-7-21-17(12-16)19(26)22-13-18(25)24-10-8-23(9-11-24)14-15-4-2-1-3-5-15/h1-7,12H,8-11,13-14H2,(H,22,26). The maximum Gasteiger partial charge on any atom is 0.270 e. The fourth-order valence-corrected chi connectivity index (χ4v) is 3.04. The van der Waals surface area contributed by atoms with Crippen molar-refractivity contribution in [3.8, 4) is 0 Å². The maximum absolute atomic E-state index is 12.3. The Hall–Kier alpha value is -2.44. The molecule has 2 aromatic rings. The van der Waals surface area contributed by atoms with Gasteiger partial charge in [-0.1, -0.05) is 41.9 Å². The molecule has 3 rings (SSSR count). The molecule has 7 heteroatoms. The number of hydrogen-bond donors (Lipinski definition) is 1. The largest absolute Gasteiger partial charge is 0.342 e. The topological polar surface area (TPSA) is 65.5 Å². The van der Waals surface area contributed by atoms with Gasteiger partial charge in [-0.3, -0.25) is 19.5 Å². The molecule has 0 unspecified atom stereocenters. The Morgan fingerprint density at radius 3 is 2.50 bits per heavy atom. The molecule has 136 valence electrons. The molecule has 6 nitrogen and oxygen atoms in total. The molecule has 2 amide bonds. The van der Waals surface area contributed by atoms with Crippen LogP contribution in [0.25, 0.3) is 0 Å². The van der Waals surface area contributed by atoms with Crippen LogP contribution in [0.1, 0.15) is 16.1 Å². The highest BCUT2D eigenvalue weighted by Gasteiger charge is 2.21. The van der Waals surface area contributed by atoms with Crippen molar-refractivity contribution in [2.24, 2.45) is 0 Å². The molecular weight excluding hydrogens is 352 g/mol. The van der Waals surface area contributed by atoms with Crippen molar-refractivity contribution in [3.63, 3.8) is 0 Å². The quantitative estimate of drug-likeness (QED) is 0.869. The Balaban J connectivity index is 1.43. The molecule has 1 aromatic heterocycles. The highest BCUT2D eigenvalue weighted by atomic mass is 35.5. The molecule has 0 atom stereocenters. The van der Waals surface area contributed by atoms with Crippen molar-refractivity contribution in [3.05, 3.63) is 64.9 Å². The molecule has 0 radical (unpaired) electrons. The maximum atomic E-state index is 12.3. The Morgan fingerprint density at radius 1 is 1.08 bits per heavy atom. The molecule has 1 aliphatic heterocycles. The van der Waals surface area contributed by atoms with E-state index >= 15 is 0 Å². The van der Waals surface area contributed by atoms with E-state index in [1.54, 1.807) is 11.0 Å². The van der Waals surface area contributed by atoms with Crippen LogP contribution in [0.5, 0.6) is 0 Å². The third-order valence-electron chi connectivity index (χ3n) is 4.33. The fourth-order valence-electron chi connectivity index (χ4n) is 2.88. The van der Waals surface area contributed by atoms with Gasteiger partial charge >= 0.3 is 0 Å². The number of halogens is 1. The molecule has 1 saturated heterocycles. The highest BCUT2D eigenvalue weighted by molar-refractivity contribution is 6.30. The van der Waals surface area contributed by atoms with Crippen LogP contribution in [-0.4, -0.2) is 59.3 Å². The smallest absolute Gasteiger partial charge is 0.270 e. The van der Waals surface area contributed by atoms with E-state index < -0.39 is 5.91 Å². The van der Waals surface area contributed by atoms with Gasteiger partial charge in [-0.15, -0.1) is 0 Å². The summed E-state index contributed by atoms with van der Waals surface area (Å²) in [6.45, 7) is 3.83. The van der Waals surface area contributed by atoms with E-state index in [0.29, 0.717) is 18.1 Å². The predicted octanol–water partition coefficient (Wildman–Crippen LogP) is 1.81. The zero-order valence-corrected chi connectivity index (χ0v) is 15.2. The van der Waals surface area contributed by atoms with Crippen LogP contribution < -0.4 is 5.32 Å². The van der Waals surface area contributed by atoms with Gasteiger partial charge in [-0.05, 0) is 17.7 Å². The number of benzene rings is 1. The number of hydrogen-bond acceptors (Lipinski definition) is 4. The summed E-state index contributed by atoms with van der Waals surface area (Å²) in [4.78, 5) is 32.4. The molecule has 1 aromatic carbocycles. The first-order valence-electron chi connectivity index (χ1n) is 8.55. The minimum absolute atomic E-state index is 0.0360. The number of piperazine rings is 1. The summed E-state index contributed by atoms with van der Waals surface area (Å²) in [7, 11) is 0. The first kappa shape index (κ1) is 18.4. The van der Waals surface area contributed by atoms with Gasteiger partial charge < -0.3 is 10.2 Å². The second-order valence-electron chi connectivity index (χ2n) is 6.18. The molecule has 1 aliphatic rings. The van der Waals surface area contributed by atoms with Gasteiger partial charge in [0, 0.05) is 43.9 Å². The lowest BCUT2D eigenvalue weighted by molar-refractivity contribution is -0.131. The fraction of sp³-hybridized carbons (Fsp3) is 0.316. The third-order valence-corrected chi connectivity index (χ3v) is 4.56. The minimum atomic E-state index is -0.399.